The van der Waals surface area contributed by atoms with E-state index in [0.29, 0.717) is 5.56 Å². The number of nitrogens with zero attached hydrogens (tertiary/aromatic N) is 1. The molecule has 2 aromatic carbocycles. The zero-order valence-corrected chi connectivity index (χ0v) is 12.2. The van der Waals surface area contributed by atoms with E-state index in [-0.39, 0.29) is 0 Å². The molecule has 1 heterocycles. The van der Waals surface area contributed by atoms with Crippen LogP contribution in [-0.4, -0.2) is 22.5 Å². The van der Waals surface area contributed by atoms with Gasteiger partial charge >= 0.3 is 5.97 Å². The van der Waals surface area contributed by atoms with Gasteiger partial charge in [0.25, 0.3) is 0 Å². The van der Waals surface area contributed by atoms with Gasteiger partial charge in [-0.15, -0.1) is 0 Å². The average Bonchev–Trinajstić information content (AvgIpc) is 2.49. The summed E-state index contributed by atoms with van der Waals surface area (Å²) in [6, 6.07) is 14.1. The Morgan fingerprint density at radius 2 is 1.90 bits per heavy atom. The maximum atomic E-state index is 11.1. The molecular formula is C18H19NO2. The monoisotopic (exact) mass is 281 g/mol. The molecule has 0 amide bonds. The second kappa shape index (κ2) is 5.70. The highest BCUT2D eigenvalue weighted by Crippen LogP contribution is 2.22. The van der Waals surface area contributed by atoms with Crippen molar-refractivity contribution in [1.29, 1.82) is 0 Å². The molecule has 0 atom stereocenters. The van der Waals surface area contributed by atoms with Gasteiger partial charge in [0.05, 0.1) is 5.56 Å². The Morgan fingerprint density at radius 1 is 1.14 bits per heavy atom. The van der Waals surface area contributed by atoms with Gasteiger partial charge in [-0.2, -0.15) is 0 Å². The summed E-state index contributed by atoms with van der Waals surface area (Å²) in [4.78, 5) is 13.5. The van der Waals surface area contributed by atoms with Crippen molar-refractivity contribution >= 4 is 5.97 Å². The van der Waals surface area contributed by atoms with Gasteiger partial charge in [0.2, 0.25) is 0 Å². The number of carboxylic acid groups (broad SMARTS) is 1. The molecule has 0 unspecified atom stereocenters. The quantitative estimate of drug-likeness (QED) is 0.939. The van der Waals surface area contributed by atoms with Crippen LogP contribution in [0.1, 0.15) is 32.6 Å². The van der Waals surface area contributed by atoms with Crippen LogP contribution in [0.2, 0.25) is 0 Å². The molecule has 21 heavy (non-hydrogen) atoms. The molecule has 0 saturated carbocycles. The summed E-state index contributed by atoms with van der Waals surface area (Å²) >= 11 is 0. The molecule has 2 aromatic rings. The predicted octanol–water partition coefficient (Wildman–Crippen LogP) is 3.25. The van der Waals surface area contributed by atoms with Crippen LogP contribution in [0, 0.1) is 6.92 Å². The van der Waals surface area contributed by atoms with E-state index in [1.54, 1.807) is 6.07 Å². The average molecular weight is 281 g/mol. The second-order valence-corrected chi connectivity index (χ2v) is 5.73. The molecule has 0 aromatic heterocycles. The summed E-state index contributed by atoms with van der Waals surface area (Å²) in [6.45, 7) is 4.85. The topological polar surface area (TPSA) is 40.5 Å². The van der Waals surface area contributed by atoms with Crippen LogP contribution in [0.15, 0.2) is 42.5 Å². The first-order valence-corrected chi connectivity index (χ1v) is 7.25. The van der Waals surface area contributed by atoms with Crippen LogP contribution >= 0.6 is 0 Å². The van der Waals surface area contributed by atoms with Gasteiger partial charge in [-0.05, 0) is 42.2 Å². The lowest BCUT2D eigenvalue weighted by Gasteiger charge is -2.29. The highest BCUT2D eigenvalue weighted by Gasteiger charge is 2.17. The van der Waals surface area contributed by atoms with Crippen molar-refractivity contribution in [2.24, 2.45) is 0 Å². The van der Waals surface area contributed by atoms with E-state index in [9.17, 15) is 4.79 Å². The third-order valence-electron chi connectivity index (χ3n) is 4.07. The molecule has 108 valence electrons. The van der Waals surface area contributed by atoms with Crippen LogP contribution < -0.4 is 0 Å². The predicted molar refractivity (Wildman–Crippen MR) is 82.4 cm³/mol. The van der Waals surface area contributed by atoms with Crippen LogP contribution in [0.4, 0.5) is 0 Å². The van der Waals surface area contributed by atoms with Crippen molar-refractivity contribution in [3.63, 3.8) is 0 Å². The van der Waals surface area contributed by atoms with Gasteiger partial charge in [0.1, 0.15) is 0 Å². The molecule has 1 N–H and O–H groups in total. The highest BCUT2D eigenvalue weighted by atomic mass is 16.4. The van der Waals surface area contributed by atoms with E-state index in [0.717, 1.165) is 31.6 Å². The molecule has 0 aliphatic carbocycles. The molecule has 0 fully saturated rings. The Morgan fingerprint density at radius 3 is 2.62 bits per heavy atom. The number of aromatic carboxylic acids is 1. The molecule has 1 aliphatic rings. The van der Waals surface area contributed by atoms with Crippen molar-refractivity contribution in [2.75, 3.05) is 6.54 Å². The minimum absolute atomic E-state index is 0.380. The number of benzene rings is 2. The SMILES string of the molecule is Cc1ccc(CN2CCc3ccc(C(=O)O)cc3C2)cc1. The van der Waals surface area contributed by atoms with E-state index in [1.165, 1.54) is 16.7 Å². The molecule has 0 saturated heterocycles. The number of fused-ring (bicyclic) bond motifs is 1. The van der Waals surface area contributed by atoms with Crippen molar-refractivity contribution in [2.45, 2.75) is 26.4 Å². The first-order valence-electron chi connectivity index (χ1n) is 7.25. The Bertz CT molecular complexity index is 661. The fraction of sp³-hybridized carbons (Fsp3) is 0.278. The van der Waals surface area contributed by atoms with Gasteiger partial charge in [-0.3, -0.25) is 4.90 Å². The van der Waals surface area contributed by atoms with Crippen LogP contribution in [0.5, 0.6) is 0 Å². The normalized spacial score (nSPS) is 14.7. The van der Waals surface area contributed by atoms with E-state index in [4.69, 9.17) is 5.11 Å². The molecule has 0 bridgehead atoms. The Balaban J connectivity index is 1.75. The minimum Gasteiger partial charge on any atom is -0.478 e. The number of carbonyl (C=O) groups is 1. The molecule has 1 aliphatic heterocycles. The lowest BCUT2D eigenvalue weighted by molar-refractivity contribution is 0.0696. The Hall–Kier alpha value is -2.13. The van der Waals surface area contributed by atoms with Crippen molar-refractivity contribution in [3.05, 3.63) is 70.3 Å². The van der Waals surface area contributed by atoms with Crippen LogP contribution in [0.3, 0.4) is 0 Å². The molecule has 3 nitrogen and oxygen atoms in total. The summed E-state index contributed by atoms with van der Waals surface area (Å²) in [5, 5.41) is 9.10. The first-order chi connectivity index (χ1) is 10.1. The summed E-state index contributed by atoms with van der Waals surface area (Å²) < 4.78 is 0. The number of hydrogen-bond donors (Lipinski definition) is 1. The zero-order valence-electron chi connectivity index (χ0n) is 12.2. The number of aryl methyl sites for hydroxylation is 1. The maximum absolute atomic E-state index is 11.1. The van der Waals surface area contributed by atoms with E-state index >= 15 is 0 Å². The van der Waals surface area contributed by atoms with E-state index in [1.807, 2.05) is 12.1 Å². The third kappa shape index (κ3) is 3.14. The third-order valence-corrected chi connectivity index (χ3v) is 4.07. The van der Waals surface area contributed by atoms with Crippen molar-refractivity contribution in [1.82, 2.24) is 4.90 Å². The van der Waals surface area contributed by atoms with Crippen molar-refractivity contribution < 1.29 is 9.90 Å². The number of carboxylic acids is 1. The minimum atomic E-state index is -0.853. The summed E-state index contributed by atoms with van der Waals surface area (Å²) in [6.07, 6.45) is 0.987. The largest absolute Gasteiger partial charge is 0.478 e. The standard InChI is InChI=1S/C18H19NO2/c1-13-2-4-14(5-3-13)11-19-9-8-15-6-7-16(18(20)21)10-17(15)12-19/h2-7,10H,8-9,11-12H2,1H3,(H,20,21). The number of rotatable bonds is 3. The number of hydrogen-bond acceptors (Lipinski definition) is 2. The molecular weight excluding hydrogens is 262 g/mol. The first kappa shape index (κ1) is 13.8. The lowest BCUT2D eigenvalue weighted by Crippen LogP contribution is -2.30. The Labute approximate surface area is 124 Å². The smallest absolute Gasteiger partial charge is 0.335 e. The molecule has 3 rings (SSSR count). The Kier molecular flexibility index (Phi) is 3.76. The summed E-state index contributed by atoms with van der Waals surface area (Å²) in [5.74, 6) is -0.853. The van der Waals surface area contributed by atoms with E-state index in [2.05, 4.69) is 36.1 Å². The van der Waals surface area contributed by atoms with Gasteiger partial charge in [-0.1, -0.05) is 35.9 Å². The maximum Gasteiger partial charge on any atom is 0.335 e. The van der Waals surface area contributed by atoms with Crippen molar-refractivity contribution in [3.8, 4) is 0 Å². The molecule has 3 heteroatoms. The summed E-state index contributed by atoms with van der Waals surface area (Å²) in [5.41, 5.74) is 5.38. The van der Waals surface area contributed by atoms with Gasteiger partial charge in [0, 0.05) is 19.6 Å². The molecule has 0 spiro atoms. The van der Waals surface area contributed by atoms with Gasteiger partial charge < -0.3 is 5.11 Å². The van der Waals surface area contributed by atoms with Gasteiger partial charge in [-0.25, -0.2) is 4.79 Å². The summed E-state index contributed by atoms with van der Waals surface area (Å²) in [7, 11) is 0. The van der Waals surface area contributed by atoms with Gasteiger partial charge in [0.15, 0.2) is 0 Å². The highest BCUT2D eigenvalue weighted by molar-refractivity contribution is 5.87. The van der Waals surface area contributed by atoms with Crippen LogP contribution in [0.25, 0.3) is 0 Å². The van der Waals surface area contributed by atoms with E-state index < -0.39 is 5.97 Å². The molecule has 0 radical (unpaired) electrons. The lowest BCUT2D eigenvalue weighted by atomic mass is 9.97. The fourth-order valence-electron chi connectivity index (χ4n) is 2.84. The second-order valence-electron chi connectivity index (χ2n) is 5.73. The zero-order chi connectivity index (χ0) is 14.8. The fourth-order valence-corrected chi connectivity index (χ4v) is 2.84. The van der Waals surface area contributed by atoms with Crippen LogP contribution in [-0.2, 0) is 19.5 Å².